The van der Waals surface area contributed by atoms with E-state index in [9.17, 15) is 4.79 Å². The van der Waals surface area contributed by atoms with Gasteiger partial charge in [-0.1, -0.05) is 54.4 Å². The number of fused-ring (bicyclic) bond motifs is 1. The molecule has 2 nitrogen and oxygen atoms in total. The zero-order chi connectivity index (χ0) is 15.7. The highest BCUT2D eigenvalue weighted by molar-refractivity contribution is 6.36. The van der Waals surface area contributed by atoms with Crippen molar-refractivity contribution in [1.29, 1.82) is 0 Å². The Labute approximate surface area is 138 Å². The first kappa shape index (κ1) is 15.1. The summed E-state index contributed by atoms with van der Waals surface area (Å²) in [5.41, 5.74) is 1.39. The number of rotatable bonds is 3. The van der Waals surface area contributed by atoms with Crippen LogP contribution in [0.4, 0.5) is 0 Å². The van der Waals surface area contributed by atoms with Crippen LogP contribution in [0.3, 0.4) is 0 Å². The van der Waals surface area contributed by atoms with Gasteiger partial charge in [0, 0.05) is 28.0 Å². The molecule has 3 rings (SSSR count). The monoisotopic (exact) mass is 332 g/mol. The van der Waals surface area contributed by atoms with E-state index in [0.717, 1.165) is 22.9 Å². The number of hydrogen-bond donors (Lipinski definition) is 0. The van der Waals surface area contributed by atoms with Crippen molar-refractivity contribution in [2.24, 2.45) is 0 Å². The molecule has 0 saturated heterocycles. The third kappa shape index (κ3) is 2.65. The quantitative estimate of drug-likeness (QED) is 0.614. The minimum Gasteiger partial charge on any atom is -0.427 e. The van der Waals surface area contributed by atoms with Crippen LogP contribution < -0.4 is 5.63 Å². The van der Waals surface area contributed by atoms with Gasteiger partial charge >= 0.3 is 5.63 Å². The van der Waals surface area contributed by atoms with E-state index in [0.29, 0.717) is 27.6 Å². The zero-order valence-corrected chi connectivity index (χ0v) is 13.5. The summed E-state index contributed by atoms with van der Waals surface area (Å²) in [6, 6.07) is 12.8. The van der Waals surface area contributed by atoms with Crippen LogP contribution in [0.1, 0.15) is 19.1 Å². The third-order valence-electron chi connectivity index (χ3n) is 3.59. The van der Waals surface area contributed by atoms with Gasteiger partial charge in [-0.15, -0.1) is 0 Å². The van der Waals surface area contributed by atoms with E-state index < -0.39 is 0 Å². The Kier molecular flexibility index (Phi) is 4.23. The second kappa shape index (κ2) is 6.15. The maximum Gasteiger partial charge on any atom is 0.343 e. The van der Waals surface area contributed by atoms with Crippen LogP contribution in [0.5, 0.6) is 0 Å². The molecule has 0 aliphatic carbocycles. The van der Waals surface area contributed by atoms with Crippen molar-refractivity contribution in [1.82, 2.24) is 0 Å². The molecule has 0 unspecified atom stereocenters. The van der Waals surface area contributed by atoms with Crippen LogP contribution in [-0.2, 0) is 6.42 Å². The molecule has 0 fully saturated rings. The number of hydrogen-bond acceptors (Lipinski definition) is 2. The first-order chi connectivity index (χ1) is 10.6. The molecule has 0 aliphatic rings. The minimum absolute atomic E-state index is 0.312. The van der Waals surface area contributed by atoms with Crippen molar-refractivity contribution in [2.45, 2.75) is 19.8 Å². The lowest BCUT2D eigenvalue weighted by Gasteiger charge is -2.13. The average molecular weight is 333 g/mol. The summed E-state index contributed by atoms with van der Waals surface area (Å²) < 4.78 is 5.55. The Balaban J connectivity index is 2.42. The van der Waals surface area contributed by atoms with Crippen molar-refractivity contribution >= 4 is 34.0 Å². The van der Waals surface area contributed by atoms with Crippen molar-refractivity contribution < 1.29 is 4.42 Å². The normalized spacial score (nSPS) is 11.0. The SMILES string of the molecule is CCCc1oc(=O)c2ccccc2c1-c1ccc(Cl)cc1Cl. The maximum atomic E-state index is 12.2. The molecular formula is C18H14Cl2O2. The molecular weight excluding hydrogens is 319 g/mol. The van der Waals surface area contributed by atoms with Gasteiger partial charge in [0.1, 0.15) is 5.76 Å². The molecule has 0 N–H and O–H groups in total. The van der Waals surface area contributed by atoms with E-state index >= 15 is 0 Å². The molecule has 22 heavy (non-hydrogen) atoms. The first-order valence-electron chi connectivity index (χ1n) is 7.12. The molecule has 112 valence electrons. The maximum absolute atomic E-state index is 12.2. The molecule has 1 heterocycles. The van der Waals surface area contributed by atoms with Gasteiger partial charge in [0.25, 0.3) is 0 Å². The lowest BCUT2D eigenvalue weighted by Crippen LogP contribution is -2.05. The van der Waals surface area contributed by atoms with Crippen LogP contribution in [0.2, 0.25) is 10.0 Å². The van der Waals surface area contributed by atoms with Gasteiger partial charge in [-0.2, -0.15) is 0 Å². The molecule has 0 saturated carbocycles. The lowest BCUT2D eigenvalue weighted by molar-refractivity contribution is 0.466. The summed E-state index contributed by atoms with van der Waals surface area (Å²) in [6.07, 6.45) is 1.55. The fourth-order valence-corrected chi connectivity index (χ4v) is 3.14. The van der Waals surface area contributed by atoms with Gasteiger partial charge in [0.05, 0.1) is 10.4 Å². The van der Waals surface area contributed by atoms with Crippen LogP contribution in [0.25, 0.3) is 21.9 Å². The van der Waals surface area contributed by atoms with Gasteiger partial charge < -0.3 is 4.42 Å². The van der Waals surface area contributed by atoms with E-state index in [-0.39, 0.29) is 5.63 Å². The molecule has 2 aromatic carbocycles. The van der Waals surface area contributed by atoms with Crippen LogP contribution >= 0.6 is 23.2 Å². The standard InChI is InChI=1S/C18H14Cl2O2/c1-2-5-16-17(14-9-8-11(19)10-15(14)20)12-6-3-4-7-13(12)18(21)22-16/h3-4,6-10H,2,5H2,1H3. The topological polar surface area (TPSA) is 30.2 Å². The Morgan fingerprint density at radius 3 is 2.45 bits per heavy atom. The number of aryl methyl sites for hydroxylation is 1. The third-order valence-corrected chi connectivity index (χ3v) is 4.14. The smallest absolute Gasteiger partial charge is 0.343 e. The van der Waals surface area contributed by atoms with Crippen molar-refractivity contribution in [3.05, 3.63) is 68.7 Å². The summed E-state index contributed by atoms with van der Waals surface area (Å²) in [7, 11) is 0. The largest absolute Gasteiger partial charge is 0.427 e. The van der Waals surface area contributed by atoms with Crippen molar-refractivity contribution in [3.8, 4) is 11.1 Å². The molecule has 0 radical (unpaired) electrons. The molecule has 0 amide bonds. The molecule has 3 aromatic rings. The second-order valence-corrected chi connectivity index (χ2v) is 5.95. The first-order valence-corrected chi connectivity index (χ1v) is 7.87. The molecule has 0 atom stereocenters. The highest BCUT2D eigenvalue weighted by atomic mass is 35.5. The van der Waals surface area contributed by atoms with Gasteiger partial charge in [-0.3, -0.25) is 0 Å². The van der Waals surface area contributed by atoms with Crippen molar-refractivity contribution in [2.75, 3.05) is 0 Å². The summed E-state index contributed by atoms with van der Waals surface area (Å²) in [5, 5.41) is 2.53. The zero-order valence-electron chi connectivity index (χ0n) is 12.0. The molecule has 0 bridgehead atoms. The number of benzene rings is 2. The molecule has 1 aromatic heterocycles. The summed E-state index contributed by atoms with van der Waals surface area (Å²) in [4.78, 5) is 12.2. The predicted molar refractivity (Wildman–Crippen MR) is 91.9 cm³/mol. The van der Waals surface area contributed by atoms with Crippen LogP contribution in [-0.4, -0.2) is 0 Å². The average Bonchev–Trinajstić information content (AvgIpc) is 2.49. The fourth-order valence-electron chi connectivity index (χ4n) is 2.64. The second-order valence-electron chi connectivity index (χ2n) is 5.11. The summed E-state index contributed by atoms with van der Waals surface area (Å²) >= 11 is 12.4. The highest BCUT2D eigenvalue weighted by Gasteiger charge is 2.17. The van der Waals surface area contributed by atoms with E-state index in [2.05, 4.69) is 0 Å². The minimum atomic E-state index is -0.312. The lowest BCUT2D eigenvalue weighted by atomic mass is 9.97. The molecule has 0 aliphatic heterocycles. The fraction of sp³-hybridized carbons (Fsp3) is 0.167. The molecule has 4 heteroatoms. The van der Waals surface area contributed by atoms with E-state index in [1.807, 2.05) is 31.2 Å². The Bertz CT molecular complexity index is 897. The highest BCUT2D eigenvalue weighted by Crippen LogP contribution is 2.36. The van der Waals surface area contributed by atoms with Crippen molar-refractivity contribution in [3.63, 3.8) is 0 Å². The van der Waals surface area contributed by atoms with Gasteiger partial charge in [-0.05, 0) is 24.6 Å². The Hall–Kier alpha value is -1.77. The van der Waals surface area contributed by atoms with E-state index in [1.165, 1.54) is 0 Å². The van der Waals surface area contributed by atoms with E-state index in [1.54, 1.807) is 18.2 Å². The summed E-state index contributed by atoms with van der Waals surface area (Å²) in [6.45, 7) is 2.04. The molecule has 0 spiro atoms. The predicted octanol–water partition coefficient (Wildman–Crippen LogP) is 5.72. The number of halogens is 2. The van der Waals surface area contributed by atoms with Gasteiger partial charge in [0.15, 0.2) is 0 Å². The Morgan fingerprint density at radius 2 is 1.77 bits per heavy atom. The van der Waals surface area contributed by atoms with Gasteiger partial charge in [0.2, 0.25) is 0 Å². The van der Waals surface area contributed by atoms with Crippen LogP contribution in [0, 0.1) is 0 Å². The Morgan fingerprint density at radius 1 is 1.05 bits per heavy atom. The van der Waals surface area contributed by atoms with Crippen LogP contribution in [0.15, 0.2) is 51.7 Å². The van der Waals surface area contributed by atoms with Gasteiger partial charge in [-0.25, -0.2) is 4.79 Å². The summed E-state index contributed by atoms with van der Waals surface area (Å²) in [5.74, 6) is 0.662. The van der Waals surface area contributed by atoms with E-state index in [4.69, 9.17) is 27.6 Å².